The van der Waals surface area contributed by atoms with Gasteiger partial charge in [-0.25, -0.2) is 4.79 Å². The van der Waals surface area contributed by atoms with Gasteiger partial charge in [0.1, 0.15) is 5.75 Å². The number of thiophene rings is 1. The normalized spacial score (nSPS) is 12.6. The lowest BCUT2D eigenvalue weighted by molar-refractivity contribution is -0.135. The Morgan fingerprint density at radius 3 is 2.65 bits per heavy atom. The Balaban J connectivity index is 1.30. The zero-order valence-corrected chi connectivity index (χ0v) is 19.7. The van der Waals surface area contributed by atoms with Crippen molar-refractivity contribution in [2.75, 3.05) is 25.6 Å². The lowest BCUT2D eigenvalue weighted by Gasteiger charge is -2.26. The second-order valence-electron chi connectivity index (χ2n) is 7.95. The van der Waals surface area contributed by atoms with Crippen molar-refractivity contribution >= 4 is 34.8 Å². The van der Waals surface area contributed by atoms with Crippen LogP contribution in [0.1, 0.15) is 32.8 Å². The maximum absolute atomic E-state index is 12.7. The van der Waals surface area contributed by atoms with Crippen LogP contribution in [0.4, 0.5) is 5.69 Å². The molecule has 1 aliphatic rings. The van der Waals surface area contributed by atoms with E-state index in [2.05, 4.69) is 5.32 Å². The highest BCUT2D eigenvalue weighted by atomic mass is 32.1. The fourth-order valence-electron chi connectivity index (χ4n) is 3.79. The van der Waals surface area contributed by atoms with Gasteiger partial charge in [0.25, 0.3) is 5.91 Å². The molecule has 0 spiro atoms. The highest BCUT2D eigenvalue weighted by Crippen LogP contribution is 2.24. The number of para-hydroxylation sites is 1. The molecule has 0 atom stereocenters. The Morgan fingerprint density at radius 2 is 1.85 bits per heavy atom. The van der Waals surface area contributed by atoms with Crippen LogP contribution in [0.25, 0.3) is 0 Å². The van der Waals surface area contributed by atoms with Crippen LogP contribution in [0.15, 0.2) is 60.0 Å². The van der Waals surface area contributed by atoms with Crippen LogP contribution in [0, 0.1) is 0 Å². The van der Waals surface area contributed by atoms with Crippen LogP contribution < -0.4 is 10.1 Å². The lowest BCUT2D eigenvalue weighted by Crippen LogP contribution is -2.38. The number of rotatable bonds is 8. The first-order valence-corrected chi connectivity index (χ1v) is 11.9. The first-order valence-electron chi connectivity index (χ1n) is 11.1. The van der Waals surface area contributed by atoms with Crippen molar-refractivity contribution in [3.05, 3.63) is 81.5 Å². The summed E-state index contributed by atoms with van der Waals surface area (Å²) in [4.78, 5) is 40.7. The standard InChI is InChI=1S/C26H26N2O5S/c1-32-20-9-6-18(7-10-20)8-11-24(29)27-22-5-3-2-4-21(22)26(31)33-17-25(30)28-14-12-23-19(16-28)13-15-34-23/h2-7,9-10,13,15H,8,11-12,14,16-17H2,1H3,(H,27,29). The molecule has 4 rings (SSSR count). The van der Waals surface area contributed by atoms with Crippen LogP contribution in [0.5, 0.6) is 5.75 Å². The van der Waals surface area contributed by atoms with Gasteiger partial charge in [-0.1, -0.05) is 24.3 Å². The molecular weight excluding hydrogens is 452 g/mol. The molecule has 2 heterocycles. The van der Waals surface area contributed by atoms with E-state index in [0.717, 1.165) is 23.3 Å². The van der Waals surface area contributed by atoms with Gasteiger partial charge in [-0.3, -0.25) is 9.59 Å². The molecule has 176 valence electrons. The smallest absolute Gasteiger partial charge is 0.340 e. The van der Waals surface area contributed by atoms with Crippen LogP contribution in [0.2, 0.25) is 0 Å². The Labute approximate surface area is 202 Å². The van der Waals surface area contributed by atoms with E-state index in [1.54, 1.807) is 47.6 Å². The Bertz CT molecular complexity index is 1170. The zero-order valence-electron chi connectivity index (χ0n) is 18.9. The molecule has 1 aromatic heterocycles. The van der Waals surface area contributed by atoms with Crippen molar-refractivity contribution in [2.24, 2.45) is 0 Å². The first kappa shape index (κ1) is 23.5. The van der Waals surface area contributed by atoms with Crippen LogP contribution in [-0.2, 0) is 33.7 Å². The first-order chi connectivity index (χ1) is 16.5. The topological polar surface area (TPSA) is 84.9 Å². The maximum atomic E-state index is 12.7. The SMILES string of the molecule is COc1ccc(CCC(=O)Nc2ccccc2C(=O)OCC(=O)N2CCc3sccc3C2)cc1. The lowest BCUT2D eigenvalue weighted by atomic mass is 10.1. The Hall–Kier alpha value is -3.65. The number of nitrogens with zero attached hydrogens (tertiary/aromatic N) is 1. The molecule has 2 aromatic carbocycles. The molecule has 0 saturated heterocycles. The van der Waals surface area contributed by atoms with Crippen LogP contribution in [-0.4, -0.2) is 42.9 Å². The van der Waals surface area contributed by atoms with E-state index in [9.17, 15) is 14.4 Å². The van der Waals surface area contributed by atoms with E-state index in [0.29, 0.717) is 25.2 Å². The van der Waals surface area contributed by atoms with Gasteiger partial charge < -0.3 is 19.7 Å². The van der Waals surface area contributed by atoms with Gasteiger partial charge in [0.15, 0.2) is 6.61 Å². The molecule has 1 aliphatic heterocycles. The van der Waals surface area contributed by atoms with Crippen molar-refractivity contribution < 1.29 is 23.9 Å². The summed E-state index contributed by atoms with van der Waals surface area (Å²) in [5, 5.41) is 4.81. The number of carbonyl (C=O) groups excluding carboxylic acids is 3. The van der Waals surface area contributed by atoms with Gasteiger partial charge in [0.05, 0.1) is 18.4 Å². The van der Waals surface area contributed by atoms with Crippen molar-refractivity contribution in [1.29, 1.82) is 0 Å². The summed E-state index contributed by atoms with van der Waals surface area (Å²) in [6.07, 6.45) is 1.63. The van der Waals surface area contributed by atoms with Crippen molar-refractivity contribution in [3.8, 4) is 5.75 Å². The molecule has 0 unspecified atom stereocenters. The van der Waals surface area contributed by atoms with E-state index in [1.165, 1.54) is 4.88 Å². The molecule has 34 heavy (non-hydrogen) atoms. The van der Waals surface area contributed by atoms with E-state index in [4.69, 9.17) is 9.47 Å². The van der Waals surface area contributed by atoms with E-state index in [1.807, 2.05) is 35.7 Å². The van der Waals surface area contributed by atoms with Gasteiger partial charge in [0.2, 0.25) is 5.91 Å². The third-order valence-corrected chi connectivity index (χ3v) is 6.73. The van der Waals surface area contributed by atoms with Crippen LogP contribution in [0.3, 0.4) is 0 Å². The van der Waals surface area contributed by atoms with E-state index < -0.39 is 5.97 Å². The average Bonchev–Trinajstić information content (AvgIpc) is 3.34. The molecule has 3 aromatic rings. The number of methoxy groups -OCH3 is 1. The summed E-state index contributed by atoms with van der Waals surface area (Å²) < 4.78 is 10.4. The Kier molecular flexibility index (Phi) is 7.59. The highest BCUT2D eigenvalue weighted by Gasteiger charge is 2.23. The second kappa shape index (κ2) is 11.0. The number of amides is 2. The number of benzene rings is 2. The fraction of sp³-hybridized carbons (Fsp3) is 0.269. The van der Waals surface area contributed by atoms with Gasteiger partial charge in [-0.05, 0) is 59.7 Å². The van der Waals surface area contributed by atoms with Gasteiger partial charge in [-0.2, -0.15) is 0 Å². The fourth-order valence-corrected chi connectivity index (χ4v) is 4.68. The summed E-state index contributed by atoms with van der Waals surface area (Å²) in [5.74, 6) is -0.332. The number of nitrogens with one attached hydrogen (secondary N) is 1. The highest BCUT2D eigenvalue weighted by molar-refractivity contribution is 7.10. The number of fused-ring (bicyclic) bond motifs is 1. The summed E-state index contributed by atoms with van der Waals surface area (Å²) in [6.45, 7) is 0.818. The maximum Gasteiger partial charge on any atom is 0.340 e. The third kappa shape index (κ3) is 5.82. The van der Waals surface area contributed by atoms with E-state index in [-0.39, 0.29) is 30.4 Å². The minimum absolute atomic E-state index is 0.215. The number of ether oxygens (including phenoxy) is 2. The molecule has 0 saturated carbocycles. The summed E-state index contributed by atoms with van der Waals surface area (Å²) in [5.41, 5.74) is 2.74. The number of esters is 1. The zero-order chi connectivity index (χ0) is 23.9. The quantitative estimate of drug-likeness (QED) is 0.494. The number of hydrogen-bond acceptors (Lipinski definition) is 6. The largest absolute Gasteiger partial charge is 0.497 e. The average molecular weight is 479 g/mol. The molecule has 7 nitrogen and oxygen atoms in total. The molecule has 1 N–H and O–H groups in total. The molecular formula is C26H26N2O5S. The number of carbonyl (C=O) groups is 3. The summed E-state index contributed by atoms with van der Waals surface area (Å²) in [6, 6.07) is 16.2. The van der Waals surface area contributed by atoms with Crippen molar-refractivity contribution in [2.45, 2.75) is 25.8 Å². The predicted octanol–water partition coefficient (Wildman–Crippen LogP) is 4.07. The molecule has 8 heteroatoms. The van der Waals surface area contributed by atoms with Crippen molar-refractivity contribution in [1.82, 2.24) is 4.90 Å². The van der Waals surface area contributed by atoms with E-state index >= 15 is 0 Å². The minimum atomic E-state index is -0.646. The van der Waals surface area contributed by atoms with Crippen LogP contribution >= 0.6 is 11.3 Å². The molecule has 0 radical (unpaired) electrons. The number of aryl methyl sites for hydroxylation is 1. The molecule has 0 fully saturated rings. The Morgan fingerprint density at radius 1 is 1.06 bits per heavy atom. The summed E-state index contributed by atoms with van der Waals surface area (Å²) >= 11 is 1.70. The van der Waals surface area contributed by atoms with Gasteiger partial charge in [0, 0.05) is 24.4 Å². The minimum Gasteiger partial charge on any atom is -0.497 e. The molecule has 2 amide bonds. The predicted molar refractivity (Wildman–Crippen MR) is 130 cm³/mol. The molecule has 0 aliphatic carbocycles. The van der Waals surface area contributed by atoms with Gasteiger partial charge in [-0.15, -0.1) is 11.3 Å². The second-order valence-corrected chi connectivity index (χ2v) is 8.95. The molecule has 0 bridgehead atoms. The van der Waals surface area contributed by atoms with Crippen molar-refractivity contribution in [3.63, 3.8) is 0 Å². The number of anilines is 1. The number of hydrogen-bond donors (Lipinski definition) is 1. The van der Waals surface area contributed by atoms with Gasteiger partial charge >= 0.3 is 5.97 Å². The third-order valence-electron chi connectivity index (χ3n) is 5.71. The monoisotopic (exact) mass is 478 g/mol. The summed E-state index contributed by atoms with van der Waals surface area (Å²) in [7, 11) is 1.61.